The monoisotopic (exact) mass is 513 g/mol. The molecule has 7 heteroatoms. The number of morpholine rings is 1. The molecule has 0 spiro atoms. The molecule has 2 aromatic rings. The van der Waals surface area contributed by atoms with Crippen LogP contribution in [0.15, 0.2) is 76.4 Å². The zero-order chi connectivity index (χ0) is 25.9. The number of allylic oxidation sites excluding steroid dienone is 1. The smallest absolute Gasteiger partial charge is 0.150 e. The first-order valence-electron chi connectivity index (χ1n) is 14.1. The molecule has 0 atom stereocenters. The standard InChI is InChI=1S/C31H39N5O2/c1-2-24-20-28(35-16-18-38-19-17-35)27-21-32-36(31(27)33-30(24)26-10-6-7-11-29(26)37)25-12-14-34(15-13-25)22-23-8-4-3-5-9-23/h3-11,25,32,37H,2,12-22H2,1H3. The molecule has 0 radical (unpaired) electrons. The van der Waals surface area contributed by atoms with Crippen molar-refractivity contribution in [3.05, 3.63) is 82.6 Å². The van der Waals surface area contributed by atoms with E-state index in [9.17, 15) is 5.11 Å². The average molecular weight is 514 g/mol. The summed E-state index contributed by atoms with van der Waals surface area (Å²) in [6.07, 6.45) is 3.94. The largest absolute Gasteiger partial charge is 0.507 e. The molecule has 38 heavy (non-hydrogen) atoms. The third-order valence-electron chi connectivity index (χ3n) is 8.36. The molecular weight excluding hydrogens is 474 g/mol. The van der Waals surface area contributed by atoms with Gasteiger partial charge < -0.3 is 14.7 Å². The van der Waals surface area contributed by atoms with E-state index < -0.39 is 0 Å². The predicted molar refractivity (Wildman–Crippen MR) is 151 cm³/mol. The zero-order valence-corrected chi connectivity index (χ0v) is 22.4. The van der Waals surface area contributed by atoms with E-state index in [0.29, 0.717) is 11.8 Å². The van der Waals surface area contributed by atoms with Crippen molar-refractivity contribution in [3.63, 3.8) is 0 Å². The van der Waals surface area contributed by atoms with Gasteiger partial charge in [-0.15, -0.1) is 0 Å². The molecule has 3 saturated heterocycles. The van der Waals surface area contributed by atoms with Gasteiger partial charge in [0.2, 0.25) is 0 Å². The van der Waals surface area contributed by atoms with Crippen LogP contribution in [0.1, 0.15) is 43.7 Å². The van der Waals surface area contributed by atoms with Gasteiger partial charge in [-0.05, 0) is 42.5 Å². The number of aliphatic imine (C=N–C) groups is 1. The molecule has 0 unspecified atom stereocenters. The number of phenols is 1. The fraction of sp³-hybridized carbons (Fsp3) is 0.452. The van der Waals surface area contributed by atoms with Crippen LogP contribution in [0.4, 0.5) is 0 Å². The molecule has 3 fully saturated rings. The number of piperidine rings is 1. The lowest BCUT2D eigenvalue weighted by Gasteiger charge is -2.37. The minimum atomic E-state index is 0.292. The maximum atomic E-state index is 10.8. The molecule has 0 amide bonds. The molecule has 2 N–H and O–H groups in total. The summed E-state index contributed by atoms with van der Waals surface area (Å²) in [5, 5.41) is 13.2. The molecule has 0 bridgehead atoms. The molecule has 2 aromatic carbocycles. The molecule has 7 nitrogen and oxygen atoms in total. The number of likely N-dealkylation sites (tertiary alicyclic amines) is 1. The van der Waals surface area contributed by atoms with Gasteiger partial charge in [0.05, 0.1) is 18.9 Å². The number of benzene rings is 2. The van der Waals surface area contributed by atoms with Crippen LogP contribution < -0.4 is 5.43 Å². The third-order valence-corrected chi connectivity index (χ3v) is 8.36. The van der Waals surface area contributed by atoms with E-state index in [1.54, 1.807) is 6.07 Å². The van der Waals surface area contributed by atoms with Crippen LogP contribution in [0, 0.1) is 0 Å². The summed E-state index contributed by atoms with van der Waals surface area (Å²) in [6.45, 7) is 9.49. The maximum Gasteiger partial charge on any atom is 0.150 e. The van der Waals surface area contributed by atoms with Gasteiger partial charge in [0.1, 0.15) is 11.6 Å². The number of rotatable bonds is 6. The topological polar surface area (TPSA) is 63.6 Å². The second-order valence-electron chi connectivity index (χ2n) is 10.7. The Kier molecular flexibility index (Phi) is 7.49. The Morgan fingerprint density at radius 3 is 2.45 bits per heavy atom. The number of hydrogen-bond donors (Lipinski definition) is 2. The summed E-state index contributed by atoms with van der Waals surface area (Å²) in [6, 6.07) is 18.8. The van der Waals surface area contributed by atoms with Gasteiger partial charge in [0, 0.05) is 68.6 Å². The highest BCUT2D eigenvalue weighted by Gasteiger charge is 2.37. The Morgan fingerprint density at radius 2 is 1.71 bits per heavy atom. The van der Waals surface area contributed by atoms with Crippen LogP contribution >= 0.6 is 0 Å². The van der Waals surface area contributed by atoms with Crippen molar-refractivity contribution in [1.82, 2.24) is 20.2 Å². The second kappa shape index (κ2) is 11.3. The van der Waals surface area contributed by atoms with E-state index in [2.05, 4.69) is 57.5 Å². The SMILES string of the molecule is CCC1=C(c2ccccc2O)N=C2C(=C(N3CCOCC3)C1)CNN2C1CCN(Cc2ccccc2)CC1. The van der Waals surface area contributed by atoms with Crippen molar-refractivity contribution in [2.75, 3.05) is 45.9 Å². The number of para-hydroxylation sites is 1. The minimum absolute atomic E-state index is 0.292. The Bertz CT molecular complexity index is 1220. The Labute approximate surface area is 226 Å². The summed E-state index contributed by atoms with van der Waals surface area (Å²) in [4.78, 5) is 10.4. The molecular formula is C31H39N5O2. The molecule has 4 aliphatic heterocycles. The maximum absolute atomic E-state index is 10.8. The van der Waals surface area contributed by atoms with Gasteiger partial charge in [-0.3, -0.25) is 9.91 Å². The number of aromatic hydroxyl groups is 1. The van der Waals surface area contributed by atoms with E-state index >= 15 is 0 Å². The zero-order valence-electron chi connectivity index (χ0n) is 22.4. The summed E-state index contributed by atoms with van der Waals surface area (Å²) in [7, 11) is 0. The van der Waals surface area contributed by atoms with Gasteiger partial charge in [0.25, 0.3) is 0 Å². The van der Waals surface area contributed by atoms with Crippen molar-refractivity contribution in [2.45, 2.75) is 45.2 Å². The summed E-state index contributed by atoms with van der Waals surface area (Å²) >= 11 is 0. The normalized spacial score (nSPS) is 21.6. The van der Waals surface area contributed by atoms with Gasteiger partial charge >= 0.3 is 0 Å². The van der Waals surface area contributed by atoms with Gasteiger partial charge in [-0.1, -0.05) is 49.4 Å². The number of fused-ring (bicyclic) bond motifs is 1. The number of nitrogens with one attached hydrogen (secondary N) is 1. The number of hydrazine groups is 1. The van der Waals surface area contributed by atoms with E-state index in [4.69, 9.17) is 9.73 Å². The fourth-order valence-corrected chi connectivity index (χ4v) is 6.23. The fourth-order valence-electron chi connectivity index (χ4n) is 6.23. The highest BCUT2D eigenvalue weighted by Crippen LogP contribution is 2.38. The van der Waals surface area contributed by atoms with E-state index in [0.717, 1.165) is 95.3 Å². The van der Waals surface area contributed by atoms with Crippen LogP contribution in [0.3, 0.4) is 0 Å². The second-order valence-corrected chi connectivity index (χ2v) is 10.7. The number of amidine groups is 1. The van der Waals surface area contributed by atoms with Crippen LogP contribution in [0.2, 0.25) is 0 Å². The van der Waals surface area contributed by atoms with Crippen LogP contribution in [0.5, 0.6) is 5.75 Å². The molecule has 4 aliphatic rings. The van der Waals surface area contributed by atoms with Crippen molar-refractivity contribution < 1.29 is 9.84 Å². The van der Waals surface area contributed by atoms with Crippen LogP contribution in [0.25, 0.3) is 5.70 Å². The van der Waals surface area contributed by atoms with Crippen molar-refractivity contribution in [3.8, 4) is 5.75 Å². The number of ether oxygens (including phenoxy) is 1. The first-order chi connectivity index (χ1) is 18.7. The van der Waals surface area contributed by atoms with Crippen molar-refractivity contribution >= 4 is 11.5 Å². The van der Waals surface area contributed by atoms with Crippen molar-refractivity contribution in [2.24, 2.45) is 4.99 Å². The Balaban J connectivity index is 1.31. The van der Waals surface area contributed by atoms with E-state index in [-0.39, 0.29) is 0 Å². The van der Waals surface area contributed by atoms with Crippen LogP contribution in [-0.4, -0.2) is 77.7 Å². The summed E-state index contributed by atoms with van der Waals surface area (Å²) in [5.74, 6) is 1.33. The lowest BCUT2D eigenvalue weighted by atomic mass is 9.98. The van der Waals surface area contributed by atoms with Gasteiger partial charge in [-0.25, -0.2) is 10.4 Å². The van der Waals surface area contributed by atoms with Gasteiger partial charge in [0.15, 0.2) is 0 Å². The molecule has 6 rings (SSSR count). The summed E-state index contributed by atoms with van der Waals surface area (Å²) < 4.78 is 5.69. The molecule has 0 saturated carbocycles. The minimum Gasteiger partial charge on any atom is -0.507 e. The van der Waals surface area contributed by atoms with Crippen molar-refractivity contribution in [1.29, 1.82) is 0 Å². The average Bonchev–Trinajstić information content (AvgIpc) is 3.30. The molecule has 0 aliphatic carbocycles. The first-order valence-corrected chi connectivity index (χ1v) is 14.1. The molecule has 200 valence electrons. The summed E-state index contributed by atoms with van der Waals surface area (Å²) in [5.41, 5.74) is 10.8. The lowest BCUT2D eigenvalue weighted by molar-refractivity contribution is 0.0523. The highest BCUT2D eigenvalue weighted by atomic mass is 16.5. The van der Waals surface area contributed by atoms with Crippen LogP contribution in [-0.2, 0) is 11.3 Å². The Morgan fingerprint density at radius 1 is 0.974 bits per heavy atom. The van der Waals surface area contributed by atoms with E-state index in [1.807, 2.05) is 18.2 Å². The quantitative estimate of drug-likeness (QED) is 0.598. The highest BCUT2D eigenvalue weighted by molar-refractivity contribution is 6.05. The first kappa shape index (κ1) is 25.2. The number of nitrogens with zero attached hydrogens (tertiary/aromatic N) is 4. The van der Waals surface area contributed by atoms with E-state index in [1.165, 1.54) is 22.4 Å². The lowest BCUT2D eigenvalue weighted by Crippen LogP contribution is -2.49. The van der Waals surface area contributed by atoms with Gasteiger partial charge in [-0.2, -0.15) is 0 Å². The number of hydrogen-bond acceptors (Lipinski definition) is 7. The molecule has 4 heterocycles. The number of phenolic OH excluding ortho intramolecular Hbond substituents is 1. The molecule has 0 aromatic heterocycles. The predicted octanol–water partition coefficient (Wildman–Crippen LogP) is 4.39. The Hall–Kier alpha value is -3.13. The third kappa shape index (κ3) is 5.10.